The van der Waals surface area contributed by atoms with Crippen molar-refractivity contribution in [2.75, 3.05) is 7.11 Å². The molecular weight excluding hydrogens is 382 g/mol. The summed E-state index contributed by atoms with van der Waals surface area (Å²) in [6, 6.07) is 13.9. The molecule has 0 aliphatic carbocycles. The van der Waals surface area contributed by atoms with Crippen molar-refractivity contribution in [2.45, 2.75) is 39.0 Å². The minimum Gasteiger partial charge on any atom is -0.497 e. The Morgan fingerprint density at radius 3 is 2.18 bits per heavy atom. The van der Waals surface area contributed by atoms with Crippen LogP contribution in [0.5, 0.6) is 11.5 Å². The monoisotopic (exact) mass is 405 g/mol. The summed E-state index contributed by atoms with van der Waals surface area (Å²) in [6.45, 7) is 4.98. The second kappa shape index (κ2) is 9.46. The molecule has 2 aromatic carbocycles. The van der Waals surface area contributed by atoms with Gasteiger partial charge < -0.3 is 19.5 Å². The molecule has 0 aliphatic heterocycles. The first kappa shape index (κ1) is 21.6. The Bertz CT molecular complexity index is 803. The number of hydrogen-bond donors (Lipinski definition) is 1. The van der Waals surface area contributed by atoms with Crippen LogP contribution in [0.3, 0.4) is 0 Å². The standard InChI is InChI=1S/C21H24ClNO5/c1-14(19(24)23-13-15-5-9-17(26-4)10-6-15)27-20(25)21(2,3)28-18-11-7-16(22)8-12-18/h5-12,14H,13H2,1-4H3,(H,23,24)/t14-/m1/s1. The fraction of sp³-hybridized carbons (Fsp3) is 0.333. The number of halogens is 1. The Morgan fingerprint density at radius 1 is 1.04 bits per heavy atom. The third kappa shape index (κ3) is 6.16. The molecule has 2 rings (SSSR count). The lowest BCUT2D eigenvalue weighted by Gasteiger charge is -2.26. The van der Waals surface area contributed by atoms with Crippen molar-refractivity contribution in [3.8, 4) is 11.5 Å². The van der Waals surface area contributed by atoms with Crippen molar-refractivity contribution in [3.63, 3.8) is 0 Å². The highest BCUT2D eigenvalue weighted by Crippen LogP contribution is 2.22. The molecule has 0 spiro atoms. The summed E-state index contributed by atoms with van der Waals surface area (Å²) >= 11 is 5.84. The van der Waals surface area contributed by atoms with Crippen molar-refractivity contribution in [3.05, 3.63) is 59.1 Å². The summed E-state index contributed by atoms with van der Waals surface area (Å²) in [5.41, 5.74) is -0.364. The van der Waals surface area contributed by atoms with E-state index in [0.29, 0.717) is 17.3 Å². The minimum absolute atomic E-state index is 0.315. The van der Waals surface area contributed by atoms with E-state index in [2.05, 4.69) is 5.32 Å². The molecule has 0 bridgehead atoms. The van der Waals surface area contributed by atoms with Gasteiger partial charge in [0.15, 0.2) is 11.7 Å². The van der Waals surface area contributed by atoms with E-state index >= 15 is 0 Å². The predicted octanol–water partition coefficient (Wildman–Crippen LogP) is 3.75. The number of rotatable bonds is 8. The first-order valence-electron chi connectivity index (χ1n) is 8.77. The highest BCUT2D eigenvalue weighted by Gasteiger charge is 2.34. The topological polar surface area (TPSA) is 73.9 Å². The Hall–Kier alpha value is -2.73. The minimum atomic E-state index is -1.27. The summed E-state index contributed by atoms with van der Waals surface area (Å²) in [7, 11) is 1.59. The molecule has 1 N–H and O–H groups in total. The SMILES string of the molecule is COc1ccc(CNC(=O)[C@@H](C)OC(=O)C(C)(C)Oc2ccc(Cl)cc2)cc1. The van der Waals surface area contributed by atoms with Gasteiger partial charge in [0, 0.05) is 11.6 Å². The third-order valence-corrected chi connectivity index (χ3v) is 4.21. The summed E-state index contributed by atoms with van der Waals surface area (Å²) in [5, 5.41) is 3.30. The second-order valence-corrected chi connectivity index (χ2v) is 7.12. The van der Waals surface area contributed by atoms with Gasteiger partial charge in [-0.05, 0) is 62.7 Å². The Balaban J connectivity index is 1.86. The van der Waals surface area contributed by atoms with Crippen molar-refractivity contribution in [2.24, 2.45) is 0 Å². The van der Waals surface area contributed by atoms with Gasteiger partial charge >= 0.3 is 5.97 Å². The van der Waals surface area contributed by atoms with Gasteiger partial charge in [-0.2, -0.15) is 0 Å². The van der Waals surface area contributed by atoms with E-state index in [1.54, 1.807) is 45.2 Å². The summed E-state index contributed by atoms with van der Waals surface area (Å²) in [6.07, 6.45) is -0.959. The highest BCUT2D eigenvalue weighted by atomic mass is 35.5. The van der Waals surface area contributed by atoms with Crippen LogP contribution in [-0.4, -0.2) is 30.7 Å². The normalized spacial score (nSPS) is 12.0. The number of methoxy groups -OCH3 is 1. The number of ether oxygens (including phenoxy) is 3. The molecule has 2 aromatic rings. The van der Waals surface area contributed by atoms with Gasteiger partial charge in [0.1, 0.15) is 11.5 Å². The lowest BCUT2D eigenvalue weighted by atomic mass is 10.1. The molecule has 0 radical (unpaired) electrons. The van der Waals surface area contributed by atoms with E-state index < -0.39 is 23.6 Å². The molecule has 1 amide bonds. The van der Waals surface area contributed by atoms with Gasteiger partial charge in [0.25, 0.3) is 5.91 Å². The van der Waals surface area contributed by atoms with Gasteiger partial charge in [-0.15, -0.1) is 0 Å². The van der Waals surface area contributed by atoms with E-state index in [1.165, 1.54) is 6.92 Å². The van der Waals surface area contributed by atoms with E-state index in [9.17, 15) is 9.59 Å². The van der Waals surface area contributed by atoms with Crippen LogP contribution in [-0.2, 0) is 20.9 Å². The van der Waals surface area contributed by atoms with E-state index in [0.717, 1.165) is 11.3 Å². The number of carbonyl (C=O) groups excluding carboxylic acids is 2. The zero-order valence-electron chi connectivity index (χ0n) is 16.3. The van der Waals surface area contributed by atoms with Crippen LogP contribution in [0.1, 0.15) is 26.3 Å². The molecule has 0 unspecified atom stereocenters. The Kier molecular flexibility index (Phi) is 7.29. The molecule has 0 fully saturated rings. The molecule has 0 aromatic heterocycles. The molecule has 1 atom stereocenters. The zero-order valence-corrected chi connectivity index (χ0v) is 17.1. The molecule has 7 heteroatoms. The van der Waals surface area contributed by atoms with Crippen LogP contribution < -0.4 is 14.8 Å². The summed E-state index contributed by atoms with van der Waals surface area (Å²) in [4.78, 5) is 24.7. The maximum atomic E-state index is 12.4. The van der Waals surface area contributed by atoms with Crippen LogP contribution in [0.25, 0.3) is 0 Å². The number of carbonyl (C=O) groups is 2. The number of hydrogen-bond acceptors (Lipinski definition) is 5. The molecule has 0 heterocycles. The van der Waals surface area contributed by atoms with Crippen LogP contribution in [0.2, 0.25) is 5.02 Å². The average Bonchev–Trinajstić information content (AvgIpc) is 2.68. The highest BCUT2D eigenvalue weighted by molar-refractivity contribution is 6.30. The maximum absolute atomic E-state index is 12.4. The van der Waals surface area contributed by atoms with E-state index in [1.807, 2.05) is 24.3 Å². The first-order chi connectivity index (χ1) is 13.2. The van der Waals surface area contributed by atoms with Crippen molar-refractivity contribution >= 4 is 23.5 Å². The van der Waals surface area contributed by atoms with Gasteiger partial charge in [-0.1, -0.05) is 23.7 Å². The van der Waals surface area contributed by atoms with Crippen LogP contribution in [0.4, 0.5) is 0 Å². The zero-order chi connectivity index (χ0) is 20.7. The molecule has 6 nitrogen and oxygen atoms in total. The van der Waals surface area contributed by atoms with E-state index in [4.69, 9.17) is 25.8 Å². The summed E-state index contributed by atoms with van der Waals surface area (Å²) < 4.78 is 16.0. The van der Waals surface area contributed by atoms with Gasteiger partial charge in [-0.3, -0.25) is 4.79 Å². The number of esters is 1. The predicted molar refractivity (Wildman–Crippen MR) is 107 cm³/mol. The van der Waals surface area contributed by atoms with Crippen molar-refractivity contribution < 1.29 is 23.8 Å². The van der Waals surface area contributed by atoms with E-state index in [-0.39, 0.29) is 0 Å². The first-order valence-corrected chi connectivity index (χ1v) is 9.15. The summed E-state index contributed by atoms with van der Waals surface area (Å²) in [5.74, 6) is 0.171. The average molecular weight is 406 g/mol. The van der Waals surface area contributed by atoms with Gasteiger partial charge in [0.2, 0.25) is 0 Å². The molecule has 28 heavy (non-hydrogen) atoms. The van der Waals surface area contributed by atoms with Crippen LogP contribution >= 0.6 is 11.6 Å². The second-order valence-electron chi connectivity index (χ2n) is 6.68. The lowest BCUT2D eigenvalue weighted by Crippen LogP contribution is -2.44. The maximum Gasteiger partial charge on any atom is 0.350 e. The quantitative estimate of drug-likeness (QED) is 0.677. The molecule has 0 saturated carbocycles. The molecule has 0 saturated heterocycles. The number of benzene rings is 2. The molecular formula is C21H24ClNO5. The van der Waals surface area contributed by atoms with Gasteiger partial charge in [-0.25, -0.2) is 4.79 Å². The fourth-order valence-electron chi connectivity index (χ4n) is 2.27. The molecule has 0 aliphatic rings. The van der Waals surface area contributed by atoms with Crippen molar-refractivity contribution in [1.29, 1.82) is 0 Å². The number of amides is 1. The largest absolute Gasteiger partial charge is 0.497 e. The van der Waals surface area contributed by atoms with Gasteiger partial charge in [0.05, 0.1) is 7.11 Å². The molecule has 150 valence electrons. The van der Waals surface area contributed by atoms with Crippen LogP contribution in [0, 0.1) is 0 Å². The smallest absolute Gasteiger partial charge is 0.350 e. The fourth-order valence-corrected chi connectivity index (χ4v) is 2.40. The number of nitrogens with one attached hydrogen (secondary N) is 1. The third-order valence-electron chi connectivity index (χ3n) is 3.96. The lowest BCUT2D eigenvalue weighted by molar-refractivity contribution is -0.167. The Labute approximate surface area is 169 Å². The van der Waals surface area contributed by atoms with Crippen LogP contribution in [0.15, 0.2) is 48.5 Å². The Morgan fingerprint density at radius 2 is 1.61 bits per heavy atom. The van der Waals surface area contributed by atoms with Crippen molar-refractivity contribution in [1.82, 2.24) is 5.32 Å².